The first-order valence-electron chi connectivity index (χ1n) is 6.95. The van der Waals surface area contributed by atoms with Crippen molar-refractivity contribution in [3.8, 4) is 0 Å². The SMILES string of the molecule is CCCc1nnc(N[C@H]2CCO[C@@H]2c2nccn2C)s1. The normalized spacial score (nSPS) is 22.3. The summed E-state index contributed by atoms with van der Waals surface area (Å²) < 4.78 is 7.84. The number of aromatic nitrogens is 4. The third-order valence-electron chi connectivity index (χ3n) is 3.44. The molecule has 0 saturated carbocycles. The fraction of sp³-hybridized carbons (Fsp3) is 0.615. The number of aryl methyl sites for hydroxylation is 2. The second-order valence-electron chi connectivity index (χ2n) is 4.98. The summed E-state index contributed by atoms with van der Waals surface area (Å²) in [5, 5.41) is 13.8. The van der Waals surface area contributed by atoms with E-state index in [0.717, 1.165) is 41.8 Å². The van der Waals surface area contributed by atoms with Gasteiger partial charge in [-0.3, -0.25) is 0 Å². The van der Waals surface area contributed by atoms with Gasteiger partial charge in [-0.15, -0.1) is 10.2 Å². The van der Waals surface area contributed by atoms with Crippen LogP contribution in [0.4, 0.5) is 5.13 Å². The molecule has 0 unspecified atom stereocenters. The molecule has 2 aromatic rings. The lowest BCUT2D eigenvalue weighted by molar-refractivity contribution is 0.0983. The zero-order valence-corrected chi connectivity index (χ0v) is 12.6. The molecule has 3 rings (SSSR count). The number of rotatable bonds is 5. The van der Waals surface area contributed by atoms with Crippen LogP contribution in [-0.2, 0) is 18.2 Å². The standard InChI is InChI=1S/C13H19N5OS/c1-3-4-10-16-17-13(20-10)15-9-5-8-19-11(9)12-14-6-7-18(12)2/h6-7,9,11H,3-5,8H2,1-2H3,(H,15,17)/t9-,11-/m0/s1. The summed E-state index contributed by atoms with van der Waals surface area (Å²) in [5.74, 6) is 0.957. The molecule has 0 spiro atoms. The van der Waals surface area contributed by atoms with Crippen LogP contribution < -0.4 is 5.32 Å². The monoisotopic (exact) mass is 293 g/mol. The number of hydrogen-bond acceptors (Lipinski definition) is 6. The van der Waals surface area contributed by atoms with Gasteiger partial charge in [0.2, 0.25) is 5.13 Å². The van der Waals surface area contributed by atoms with Crippen LogP contribution in [0.2, 0.25) is 0 Å². The van der Waals surface area contributed by atoms with Crippen LogP contribution in [0.3, 0.4) is 0 Å². The number of nitrogens with one attached hydrogen (secondary N) is 1. The van der Waals surface area contributed by atoms with Crippen LogP contribution in [0.15, 0.2) is 12.4 Å². The summed E-state index contributed by atoms with van der Waals surface area (Å²) in [4.78, 5) is 4.39. The first kappa shape index (κ1) is 13.5. The average Bonchev–Trinajstić information content (AvgIpc) is 3.13. The zero-order chi connectivity index (χ0) is 13.9. The molecule has 1 aliphatic rings. The van der Waals surface area contributed by atoms with Crippen LogP contribution in [-0.4, -0.2) is 32.4 Å². The molecule has 0 aliphatic carbocycles. The Hall–Kier alpha value is -1.47. The Morgan fingerprint density at radius 3 is 3.15 bits per heavy atom. The lowest BCUT2D eigenvalue weighted by atomic mass is 10.1. The number of anilines is 1. The molecular formula is C13H19N5OS. The Morgan fingerprint density at radius 2 is 2.40 bits per heavy atom. The predicted molar refractivity (Wildman–Crippen MR) is 77.8 cm³/mol. The van der Waals surface area contributed by atoms with Crippen molar-refractivity contribution in [2.45, 2.75) is 38.3 Å². The smallest absolute Gasteiger partial charge is 0.205 e. The van der Waals surface area contributed by atoms with E-state index in [2.05, 4.69) is 27.4 Å². The first-order chi connectivity index (χ1) is 9.78. The summed E-state index contributed by atoms with van der Waals surface area (Å²) in [6.07, 6.45) is 6.77. The Balaban J connectivity index is 1.71. The van der Waals surface area contributed by atoms with E-state index in [4.69, 9.17) is 4.74 Å². The van der Waals surface area contributed by atoms with E-state index in [9.17, 15) is 0 Å². The van der Waals surface area contributed by atoms with Gasteiger partial charge in [0.15, 0.2) is 0 Å². The molecule has 6 nitrogen and oxygen atoms in total. The van der Waals surface area contributed by atoms with E-state index in [1.165, 1.54) is 0 Å². The minimum Gasteiger partial charge on any atom is -0.368 e. The van der Waals surface area contributed by atoms with E-state index in [1.54, 1.807) is 17.5 Å². The Bertz CT molecular complexity index is 567. The molecule has 3 heterocycles. The van der Waals surface area contributed by atoms with Crippen molar-refractivity contribution < 1.29 is 4.74 Å². The third kappa shape index (κ3) is 2.69. The Kier molecular flexibility index (Phi) is 3.98. The summed E-state index contributed by atoms with van der Waals surface area (Å²) in [6, 6.07) is 0.207. The van der Waals surface area contributed by atoms with Crippen LogP contribution in [0, 0.1) is 0 Å². The largest absolute Gasteiger partial charge is 0.368 e. The number of hydrogen-bond donors (Lipinski definition) is 1. The van der Waals surface area contributed by atoms with Crippen molar-refractivity contribution in [2.24, 2.45) is 7.05 Å². The zero-order valence-electron chi connectivity index (χ0n) is 11.7. The van der Waals surface area contributed by atoms with Crippen molar-refractivity contribution in [1.82, 2.24) is 19.7 Å². The molecule has 2 aromatic heterocycles. The lowest BCUT2D eigenvalue weighted by Gasteiger charge is -2.18. The maximum absolute atomic E-state index is 5.83. The van der Waals surface area contributed by atoms with Crippen molar-refractivity contribution in [3.05, 3.63) is 23.2 Å². The molecule has 20 heavy (non-hydrogen) atoms. The van der Waals surface area contributed by atoms with Gasteiger partial charge in [-0.25, -0.2) is 4.98 Å². The van der Waals surface area contributed by atoms with Crippen molar-refractivity contribution in [1.29, 1.82) is 0 Å². The second kappa shape index (κ2) is 5.88. The predicted octanol–water partition coefficient (Wildman–Crippen LogP) is 2.17. The van der Waals surface area contributed by atoms with E-state index in [-0.39, 0.29) is 12.1 Å². The van der Waals surface area contributed by atoms with Crippen LogP contribution in [0.1, 0.15) is 36.7 Å². The summed E-state index contributed by atoms with van der Waals surface area (Å²) in [6.45, 7) is 2.90. The molecule has 1 saturated heterocycles. The Morgan fingerprint density at radius 1 is 1.50 bits per heavy atom. The van der Waals surface area contributed by atoms with Crippen LogP contribution in [0.25, 0.3) is 0 Å². The van der Waals surface area contributed by atoms with Crippen LogP contribution in [0.5, 0.6) is 0 Å². The maximum Gasteiger partial charge on any atom is 0.205 e. The highest BCUT2D eigenvalue weighted by Gasteiger charge is 2.33. The fourth-order valence-electron chi connectivity index (χ4n) is 2.43. The molecule has 1 aliphatic heterocycles. The van der Waals surface area contributed by atoms with E-state index >= 15 is 0 Å². The molecule has 108 valence electrons. The highest BCUT2D eigenvalue weighted by atomic mass is 32.1. The number of nitrogens with zero attached hydrogens (tertiary/aromatic N) is 4. The van der Waals surface area contributed by atoms with Gasteiger partial charge in [0.1, 0.15) is 16.9 Å². The van der Waals surface area contributed by atoms with Crippen molar-refractivity contribution >= 4 is 16.5 Å². The van der Waals surface area contributed by atoms with Gasteiger partial charge in [-0.05, 0) is 12.8 Å². The minimum atomic E-state index is -0.0199. The molecule has 0 aromatic carbocycles. The van der Waals surface area contributed by atoms with E-state index < -0.39 is 0 Å². The second-order valence-corrected chi connectivity index (χ2v) is 6.04. The minimum absolute atomic E-state index is 0.0199. The topological polar surface area (TPSA) is 64.9 Å². The molecule has 2 atom stereocenters. The molecule has 0 radical (unpaired) electrons. The van der Waals surface area contributed by atoms with Gasteiger partial charge in [0.25, 0.3) is 0 Å². The molecule has 1 N–H and O–H groups in total. The molecular weight excluding hydrogens is 274 g/mol. The highest BCUT2D eigenvalue weighted by Crippen LogP contribution is 2.31. The van der Waals surface area contributed by atoms with E-state index in [0.29, 0.717) is 0 Å². The van der Waals surface area contributed by atoms with Gasteiger partial charge in [-0.1, -0.05) is 18.3 Å². The molecule has 0 bridgehead atoms. The van der Waals surface area contributed by atoms with E-state index in [1.807, 2.05) is 17.8 Å². The van der Waals surface area contributed by atoms with Gasteiger partial charge < -0.3 is 14.6 Å². The van der Waals surface area contributed by atoms with Gasteiger partial charge >= 0.3 is 0 Å². The maximum atomic E-state index is 5.83. The molecule has 0 amide bonds. The van der Waals surface area contributed by atoms with Gasteiger partial charge in [0, 0.05) is 32.5 Å². The first-order valence-corrected chi connectivity index (χ1v) is 7.77. The summed E-state index contributed by atoms with van der Waals surface area (Å²) >= 11 is 1.63. The molecule has 1 fully saturated rings. The Labute approximate surface area is 122 Å². The van der Waals surface area contributed by atoms with Gasteiger partial charge in [-0.2, -0.15) is 0 Å². The van der Waals surface area contributed by atoms with Crippen molar-refractivity contribution in [2.75, 3.05) is 11.9 Å². The summed E-state index contributed by atoms with van der Waals surface area (Å²) in [5.41, 5.74) is 0. The average molecular weight is 293 g/mol. The highest BCUT2D eigenvalue weighted by molar-refractivity contribution is 7.15. The quantitative estimate of drug-likeness (QED) is 0.915. The number of ether oxygens (including phenoxy) is 1. The van der Waals surface area contributed by atoms with Gasteiger partial charge in [0.05, 0.1) is 6.04 Å². The fourth-order valence-corrected chi connectivity index (χ4v) is 3.33. The third-order valence-corrected chi connectivity index (χ3v) is 4.36. The summed E-state index contributed by atoms with van der Waals surface area (Å²) in [7, 11) is 1.99. The molecule has 7 heteroatoms. The van der Waals surface area contributed by atoms with Crippen LogP contribution >= 0.6 is 11.3 Å². The lowest BCUT2D eigenvalue weighted by Crippen LogP contribution is -2.25. The van der Waals surface area contributed by atoms with Crippen molar-refractivity contribution in [3.63, 3.8) is 0 Å². The number of imidazole rings is 1.